The van der Waals surface area contributed by atoms with E-state index in [-0.39, 0.29) is 28.8 Å². The van der Waals surface area contributed by atoms with Crippen molar-refractivity contribution >= 4 is 23.4 Å². The van der Waals surface area contributed by atoms with Gasteiger partial charge >= 0.3 is 0 Å². The van der Waals surface area contributed by atoms with Crippen molar-refractivity contribution in [2.24, 2.45) is 0 Å². The predicted molar refractivity (Wildman–Crippen MR) is 154 cm³/mol. The van der Waals surface area contributed by atoms with E-state index in [4.69, 9.17) is 21.3 Å². The van der Waals surface area contributed by atoms with Crippen molar-refractivity contribution in [3.63, 3.8) is 0 Å². The van der Waals surface area contributed by atoms with Crippen LogP contribution in [0.25, 0.3) is 5.69 Å². The fraction of sp³-hybridized carbons (Fsp3) is 0.323. The zero-order valence-electron chi connectivity index (χ0n) is 22.7. The van der Waals surface area contributed by atoms with Crippen molar-refractivity contribution < 1.29 is 17.9 Å². The second-order valence-electron chi connectivity index (χ2n) is 10.3. The molecule has 1 aliphatic rings. The summed E-state index contributed by atoms with van der Waals surface area (Å²) in [5.41, 5.74) is 4.80. The molecule has 1 heterocycles. The van der Waals surface area contributed by atoms with Gasteiger partial charge in [0.1, 0.15) is 29.8 Å². The van der Waals surface area contributed by atoms with E-state index < -0.39 is 11.6 Å². The zero-order valence-corrected chi connectivity index (χ0v) is 24.3. The highest BCUT2D eigenvalue weighted by Gasteiger charge is 2.30. The molecule has 9 heteroatoms. The molecule has 1 atom stereocenters. The first-order valence-electron chi connectivity index (χ1n) is 13.2. The number of aromatic nitrogens is 2. The minimum atomic E-state index is -0.661. The Morgan fingerprint density at radius 2 is 1.77 bits per heavy atom. The van der Waals surface area contributed by atoms with Crippen LogP contribution in [0.15, 0.2) is 59.8 Å². The number of halogens is 4. The topological polar surface area (TPSA) is 30.3 Å². The van der Waals surface area contributed by atoms with Crippen LogP contribution >= 0.6 is 23.4 Å². The van der Waals surface area contributed by atoms with Gasteiger partial charge in [-0.1, -0.05) is 35.5 Å². The third-order valence-electron chi connectivity index (χ3n) is 7.13. The molecule has 0 N–H and O–H groups in total. The van der Waals surface area contributed by atoms with Gasteiger partial charge in [0, 0.05) is 46.6 Å². The molecule has 0 fully saturated rings. The van der Waals surface area contributed by atoms with Gasteiger partial charge in [-0.3, -0.25) is 4.57 Å². The molecule has 40 heavy (non-hydrogen) atoms. The van der Waals surface area contributed by atoms with Crippen LogP contribution in [-0.2, 0) is 12.2 Å². The van der Waals surface area contributed by atoms with Crippen molar-refractivity contribution in [2.75, 3.05) is 27.2 Å². The first-order valence-corrected chi connectivity index (χ1v) is 14.6. The summed E-state index contributed by atoms with van der Waals surface area (Å²) < 4.78 is 51.4. The van der Waals surface area contributed by atoms with Crippen LogP contribution in [0.2, 0.25) is 5.02 Å². The molecule has 0 aliphatic heterocycles. The molecular weight excluding hydrogens is 555 g/mol. The quantitative estimate of drug-likeness (QED) is 0.186. The van der Waals surface area contributed by atoms with Crippen molar-refractivity contribution in [3.8, 4) is 11.4 Å². The number of nitrogens with zero attached hydrogens (tertiary/aromatic N) is 3. The summed E-state index contributed by atoms with van der Waals surface area (Å²) in [7, 11) is 3.80. The standard InChI is InChI=1S/C31H31ClF3N3OS/c1-19-15-20(7-12-26(19)32)24-5-4-6-29-30(24)38(22-10-8-21(33)9-11-22)31(36-29)40-18-25-27(34)16-23(17-28(25)35)39-14-13-37(2)3/h7-12,15-17,24H,4-6,13-14,18H2,1-3H3. The predicted octanol–water partition coefficient (Wildman–Crippen LogP) is 7.95. The minimum absolute atomic E-state index is 0.0391. The number of imidazole rings is 1. The summed E-state index contributed by atoms with van der Waals surface area (Å²) in [5, 5.41) is 1.32. The van der Waals surface area contributed by atoms with Crippen LogP contribution < -0.4 is 4.74 Å². The van der Waals surface area contributed by atoms with E-state index in [9.17, 15) is 4.39 Å². The number of ether oxygens (including phenoxy) is 1. The largest absolute Gasteiger partial charge is 0.492 e. The fourth-order valence-corrected chi connectivity index (χ4v) is 6.21. The van der Waals surface area contributed by atoms with Gasteiger partial charge < -0.3 is 9.64 Å². The van der Waals surface area contributed by atoms with Crippen LogP contribution in [0.3, 0.4) is 0 Å². The lowest BCUT2D eigenvalue weighted by molar-refractivity contribution is 0.259. The van der Waals surface area contributed by atoms with Crippen LogP contribution in [0.5, 0.6) is 5.75 Å². The Morgan fingerprint density at radius 3 is 2.45 bits per heavy atom. The average molecular weight is 586 g/mol. The molecule has 3 aromatic carbocycles. The van der Waals surface area contributed by atoms with Crippen molar-refractivity contribution in [3.05, 3.63) is 105 Å². The maximum Gasteiger partial charge on any atom is 0.173 e. The molecule has 0 bridgehead atoms. The number of rotatable bonds is 9. The zero-order chi connectivity index (χ0) is 28.4. The fourth-order valence-electron chi connectivity index (χ4n) is 5.04. The molecule has 210 valence electrons. The number of aryl methyl sites for hydroxylation is 2. The first-order chi connectivity index (χ1) is 19.2. The average Bonchev–Trinajstić information content (AvgIpc) is 3.28. The van der Waals surface area contributed by atoms with E-state index in [1.165, 1.54) is 36.0 Å². The van der Waals surface area contributed by atoms with Crippen molar-refractivity contribution in [2.45, 2.75) is 43.0 Å². The highest BCUT2D eigenvalue weighted by Crippen LogP contribution is 2.42. The van der Waals surface area contributed by atoms with Gasteiger partial charge in [0.25, 0.3) is 0 Å². The van der Waals surface area contributed by atoms with E-state index in [1.807, 2.05) is 42.6 Å². The normalized spacial score (nSPS) is 14.9. The Labute approximate surface area is 242 Å². The van der Waals surface area contributed by atoms with Crippen LogP contribution in [0.4, 0.5) is 13.2 Å². The Balaban J connectivity index is 1.49. The Hall–Kier alpha value is -2.94. The second-order valence-corrected chi connectivity index (χ2v) is 11.6. The smallest absolute Gasteiger partial charge is 0.173 e. The van der Waals surface area contributed by atoms with Crippen LogP contribution in [0, 0.1) is 24.4 Å². The molecule has 1 aliphatic carbocycles. The molecule has 0 radical (unpaired) electrons. The lowest BCUT2D eigenvalue weighted by Gasteiger charge is -2.25. The summed E-state index contributed by atoms with van der Waals surface area (Å²) in [6.07, 6.45) is 2.67. The van der Waals surface area contributed by atoms with E-state index >= 15 is 8.78 Å². The van der Waals surface area contributed by atoms with Gasteiger partial charge in [-0.25, -0.2) is 18.2 Å². The van der Waals surface area contributed by atoms with E-state index in [2.05, 4.69) is 6.07 Å². The summed E-state index contributed by atoms with van der Waals surface area (Å²) >= 11 is 7.57. The molecule has 0 amide bonds. The Kier molecular flexibility index (Phi) is 8.78. The number of hydrogen-bond donors (Lipinski definition) is 0. The van der Waals surface area contributed by atoms with Gasteiger partial charge in [-0.15, -0.1) is 0 Å². The molecular formula is C31H31ClF3N3OS. The number of hydrogen-bond acceptors (Lipinski definition) is 4. The Bertz CT molecular complexity index is 1480. The second kappa shape index (κ2) is 12.3. The van der Waals surface area contributed by atoms with E-state index in [0.717, 1.165) is 47.5 Å². The first kappa shape index (κ1) is 28.6. The SMILES string of the molecule is Cc1cc(C2CCCc3nc(SCc4c(F)cc(OCCN(C)C)cc4F)n(-c4ccc(F)cc4)c32)ccc1Cl. The molecule has 0 saturated heterocycles. The molecule has 0 spiro atoms. The molecule has 5 rings (SSSR count). The Morgan fingerprint density at radius 1 is 1.05 bits per heavy atom. The number of benzene rings is 3. The molecule has 0 saturated carbocycles. The molecule has 1 aromatic heterocycles. The third-order valence-corrected chi connectivity index (χ3v) is 8.52. The van der Waals surface area contributed by atoms with Crippen molar-refractivity contribution in [1.29, 1.82) is 0 Å². The number of fused-ring (bicyclic) bond motifs is 1. The highest BCUT2D eigenvalue weighted by atomic mass is 35.5. The monoisotopic (exact) mass is 585 g/mol. The van der Waals surface area contributed by atoms with Gasteiger partial charge in [0.05, 0.1) is 11.4 Å². The lowest BCUT2D eigenvalue weighted by atomic mass is 9.83. The van der Waals surface area contributed by atoms with E-state index in [1.54, 1.807) is 12.1 Å². The third kappa shape index (κ3) is 6.19. The minimum Gasteiger partial charge on any atom is -0.492 e. The maximum atomic E-state index is 15.0. The van der Waals surface area contributed by atoms with Crippen LogP contribution in [-0.4, -0.2) is 41.7 Å². The molecule has 4 nitrogen and oxygen atoms in total. The van der Waals surface area contributed by atoms with Gasteiger partial charge in [-0.2, -0.15) is 0 Å². The van der Waals surface area contributed by atoms with Gasteiger partial charge in [-0.05, 0) is 81.7 Å². The summed E-state index contributed by atoms with van der Waals surface area (Å²) in [4.78, 5) is 6.88. The summed E-state index contributed by atoms with van der Waals surface area (Å²) in [6, 6.07) is 14.7. The van der Waals surface area contributed by atoms with Crippen LogP contribution in [0.1, 0.15) is 46.8 Å². The molecule has 1 unspecified atom stereocenters. The number of thioether (sulfide) groups is 1. The van der Waals surface area contributed by atoms with E-state index in [0.29, 0.717) is 23.3 Å². The summed E-state index contributed by atoms with van der Waals surface area (Å²) in [5.74, 6) is -1.40. The highest BCUT2D eigenvalue weighted by molar-refractivity contribution is 7.98. The maximum absolute atomic E-state index is 15.0. The van der Waals surface area contributed by atoms with Gasteiger partial charge in [0.15, 0.2) is 5.16 Å². The molecule has 4 aromatic rings. The summed E-state index contributed by atoms with van der Waals surface area (Å²) in [6.45, 7) is 2.94. The number of likely N-dealkylation sites (N-methyl/N-ethyl adjacent to an activating group) is 1. The van der Waals surface area contributed by atoms with Crippen molar-refractivity contribution in [1.82, 2.24) is 14.5 Å². The lowest BCUT2D eigenvalue weighted by Crippen LogP contribution is -2.19. The van der Waals surface area contributed by atoms with Gasteiger partial charge in [0.2, 0.25) is 0 Å².